The van der Waals surface area contributed by atoms with Crippen molar-refractivity contribution in [1.82, 2.24) is 35.5 Å². The second-order valence-corrected chi connectivity index (χ2v) is 14.9. The van der Waals surface area contributed by atoms with Crippen molar-refractivity contribution < 1.29 is 29.0 Å². The van der Waals surface area contributed by atoms with Crippen molar-refractivity contribution in [2.24, 2.45) is 11.8 Å². The van der Waals surface area contributed by atoms with Gasteiger partial charge in [0.25, 0.3) is 5.91 Å². The average Bonchev–Trinajstić information content (AvgIpc) is 3.82. The van der Waals surface area contributed by atoms with Crippen LogP contribution >= 0.6 is 0 Å². The molecule has 13 heteroatoms. The smallest absolute Gasteiger partial charge is 0.429 e. The number of nitrogens with one attached hydrogen (secondary N) is 3. The summed E-state index contributed by atoms with van der Waals surface area (Å²) in [5.41, 5.74) is 1.42. The van der Waals surface area contributed by atoms with Crippen molar-refractivity contribution >= 4 is 23.9 Å². The lowest BCUT2D eigenvalue weighted by atomic mass is 9.83. The molecule has 2 aliphatic rings. The molecule has 0 bridgehead atoms. The molecule has 13 nitrogen and oxygen atoms in total. The van der Waals surface area contributed by atoms with Crippen LogP contribution in [0.5, 0.6) is 0 Å². The summed E-state index contributed by atoms with van der Waals surface area (Å²) >= 11 is 0. The van der Waals surface area contributed by atoms with Crippen molar-refractivity contribution in [2.75, 3.05) is 20.1 Å². The van der Waals surface area contributed by atoms with Gasteiger partial charge in [0.05, 0.1) is 18.5 Å². The maximum Gasteiger partial charge on any atom is 0.429 e. The van der Waals surface area contributed by atoms with Crippen molar-refractivity contribution in [3.05, 3.63) is 54.1 Å². The summed E-state index contributed by atoms with van der Waals surface area (Å²) < 4.78 is 5.93. The number of aromatic amines is 1. The molecule has 2 aromatic rings. The molecule has 282 valence electrons. The Morgan fingerprint density at radius 2 is 1.67 bits per heavy atom. The highest BCUT2D eigenvalue weighted by Gasteiger charge is 2.39. The lowest BCUT2D eigenvalue weighted by Gasteiger charge is -2.35. The molecule has 4 atom stereocenters. The molecule has 0 radical (unpaired) electrons. The number of aromatic nitrogens is 2. The maximum atomic E-state index is 14.4. The zero-order valence-electron chi connectivity index (χ0n) is 31.1. The van der Waals surface area contributed by atoms with Gasteiger partial charge in [0.1, 0.15) is 6.04 Å². The van der Waals surface area contributed by atoms with Gasteiger partial charge in [-0.05, 0) is 56.9 Å². The highest BCUT2D eigenvalue weighted by atomic mass is 16.6. The molecule has 1 saturated heterocycles. The van der Waals surface area contributed by atoms with Crippen molar-refractivity contribution in [2.45, 2.75) is 129 Å². The summed E-state index contributed by atoms with van der Waals surface area (Å²) in [6, 6.07) is 7.21. The number of H-pyrrole nitrogens is 1. The van der Waals surface area contributed by atoms with Crippen LogP contribution in [-0.4, -0.2) is 104 Å². The van der Waals surface area contributed by atoms with Crippen LogP contribution in [0.4, 0.5) is 9.59 Å². The predicted molar refractivity (Wildman–Crippen MR) is 194 cm³/mol. The Labute approximate surface area is 302 Å². The number of aliphatic hydroxyl groups is 1. The predicted octanol–water partition coefficient (Wildman–Crippen LogP) is 4.82. The third kappa shape index (κ3) is 12.0. The van der Waals surface area contributed by atoms with Gasteiger partial charge in [-0.25, -0.2) is 24.6 Å². The van der Waals surface area contributed by atoms with Crippen LogP contribution in [0, 0.1) is 11.8 Å². The van der Waals surface area contributed by atoms with E-state index in [2.05, 4.69) is 34.4 Å². The Morgan fingerprint density at radius 1 is 0.961 bits per heavy atom. The van der Waals surface area contributed by atoms with Crippen LogP contribution in [0.2, 0.25) is 0 Å². The molecule has 1 aromatic carbocycles. The molecule has 51 heavy (non-hydrogen) atoms. The Morgan fingerprint density at radius 3 is 2.31 bits per heavy atom. The Bertz CT molecular complexity index is 1380. The third-order valence-corrected chi connectivity index (χ3v) is 9.90. The number of likely N-dealkylation sites (N-methyl/N-ethyl adjacent to an activating group) is 1. The summed E-state index contributed by atoms with van der Waals surface area (Å²) in [6.07, 6.45) is 8.76. The molecule has 1 aliphatic heterocycles. The zero-order valence-corrected chi connectivity index (χ0v) is 31.1. The molecule has 1 aliphatic carbocycles. The number of amides is 5. The van der Waals surface area contributed by atoms with Gasteiger partial charge in [0.2, 0.25) is 5.91 Å². The number of urea groups is 1. The van der Waals surface area contributed by atoms with Gasteiger partial charge in [0.15, 0.2) is 6.10 Å². The molecule has 0 spiro atoms. The SMILES string of the molecule is CC(C)CCC(O)C(CC1CCCCC1)NC(=O)[C@H](Cc1cnc[nH]1)N(C)C(=O)C(Cc1ccccc1)OC(=O)N1CCCN1C(=O)NC(C)C. The highest BCUT2D eigenvalue weighted by molar-refractivity contribution is 5.91. The fraction of sp³-hybridized carbons (Fsp3) is 0.658. The normalized spacial score (nSPS) is 17.6. The van der Waals surface area contributed by atoms with E-state index >= 15 is 0 Å². The number of hydrogen-bond acceptors (Lipinski definition) is 7. The fourth-order valence-corrected chi connectivity index (χ4v) is 6.99. The molecule has 5 amide bonds. The minimum Gasteiger partial charge on any atom is -0.434 e. The van der Waals surface area contributed by atoms with E-state index in [1.165, 1.54) is 27.7 Å². The first kappa shape index (κ1) is 39.7. The van der Waals surface area contributed by atoms with Gasteiger partial charge < -0.3 is 30.4 Å². The quantitative estimate of drug-likeness (QED) is 0.195. The monoisotopic (exact) mass is 709 g/mol. The van der Waals surface area contributed by atoms with Crippen LogP contribution in [0.1, 0.15) is 96.7 Å². The third-order valence-electron chi connectivity index (χ3n) is 9.90. The Balaban J connectivity index is 1.58. The van der Waals surface area contributed by atoms with E-state index in [1.807, 2.05) is 44.2 Å². The molecule has 4 N–H and O–H groups in total. The van der Waals surface area contributed by atoms with Gasteiger partial charge in [-0.1, -0.05) is 76.3 Å². The van der Waals surface area contributed by atoms with E-state index in [9.17, 15) is 24.3 Å². The number of benzene rings is 1. The summed E-state index contributed by atoms with van der Waals surface area (Å²) in [5, 5.41) is 19.9. The zero-order chi connectivity index (χ0) is 36.9. The topological polar surface area (TPSA) is 160 Å². The first-order valence-electron chi connectivity index (χ1n) is 18.7. The first-order valence-corrected chi connectivity index (χ1v) is 18.7. The van der Waals surface area contributed by atoms with Crippen LogP contribution in [0.3, 0.4) is 0 Å². The standard InChI is InChI=1S/C38H59N7O6/c1-26(2)17-18-33(46)31(21-28-13-8-6-9-14-28)42-35(47)32(23-30-24-39-25-40-30)43(5)36(48)34(22-29-15-10-7-11-16-29)51-38(50)45-20-12-19-44(45)37(49)41-27(3)4/h7,10-11,15-16,24-28,31-34,46H,6,8-9,12-14,17-23H2,1-5H3,(H,39,40)(H,41,49)(H,42,47)/t31?,32-,33?,34?/m0/s1. The molecule has 2 heterocycles. The van der Waals surface area contributed by atoms with Gasteiger partial charge in [0, 0.05) is 50.9 Å². The summed E-state index contributed by atoms with van der Waals surface area (Å²) in [6.45, 7) is 8.50. The Kier molecular flexibility index (Phi) is 15.1. The van der Waals surface area contributed by atoms with Crippen LogP contribution < -0.4 is 10.6 Å². The summed E-state index contributed by atoms with van der Waals surface area (Å²) in [4.78, 5) is 63.7. The van der Waals surface area contributed by atoms with Crippen molar-refractivity contribution in [3.8, 4) is 0 Å². The second-order valence-electron chi connectivity index (χ2n) is 14.9. The largest absolute Gasteiger partial charge is 0.434 e. The van der Waals surface area contributed by atoms with Crippen LogP contribution in [0.15, 0.2) is 42.9 Å². The number of aliphatic hydroxyl groups excluding tert-OH is 1. The summed E-state index contributed by atoms with van der Waals surface area (Å²) in [7, 11) is 1.54. The van der Waals surface area contributed by atoms with E-state index in [0.717, 1.165) is 37.7 Å². The molecule has 1 aromatic heterocycles. The van der Waals surface area contributed by atoms with Gasteiger partial charge >= 0.3 is 12.1 Å². The number of rotatable bonds is 16. The average molecular weight is 710 g/mol. The first-order chi connectivity index (χ1) is 24.4. The van der Waals surface area contributed by atoms with E-state index in [1.54, 1.807) is 13.2 Å². The number of hydrogen-bond donors (Lipinski definition) is 4. The Hall–Kier alpha value is -4.13. The van der Waals surface area contributed by atoms with E-state index in [-0.39, 0.29) is 25.4 Å². The molecular formula is C38H59N7O6. The van der Waals surface area contributed by atoms with Gasteiger partial charge in [-0.15, -0.1) is 0 Å². The lowest BCUT2D eigenvalue weighted by molar-refractivity contribution is -0.147. The number of hydrazine groups is 1. The van der Waals surface area contributed by atoms with Gasteiger partial charge in [-0.3, -0.25) is 9.59 Å². The molecule has 2 fully saturated rings. The molecule has 3 unspecified atom stereocenters. The highest BCUT2D eigenvalue weighted by Crippen LogP contribution is 2.29. The van der Waals surface area contributed by atoms with Crippen molar-refractivity contribution in [3.63, 3.8) is 0 Å². The molecular weight excluding hydrogens is 650 g/mol. The van der Waals surface area contributed by atoms with Crippen LogP contribution in [-0.2, 0) is 27.2 Å². The van der Waals surface area contributed by atoms with E-state index in [0.29, 0.717) is 43.3 Å². The van der Waals surface area contributed by atoms with E-state index in [4.69, 9.17) is 4.74 Å². The minimum absolute atomic E-state index is 0.0679. The minimum atomic E-state index is -1.28. The van der Waals surface area contributed by atoms with Crippen LogP contribution in [0.25, 0.3) is 0 Å². The van der Waals surface area contributed by atoms with E-state index < -0.39 is 48.2 Å². The summed E-state index contributed by atoms with van der Waals surface area (Å²) in [5.74, 6) is -0.145. The number of nitrogens with zero attached hydrogens (tertiary/aromatic N) is 4. The number of carbonyl (C=O) groups excluding carboxylic acids is 4. The number of ether oxygens (including phenoxy) is 1. The van der Waals surface area contributed by atoms with Crippen molar-refractivity contribution in [1.29, 1.82) is 0 Å². The lowest BCUT2D eigenvalue weighted by Crippen LogP contribution is -2.57. The number of imidazole rings is 1. The fourth-order valence-electron chi connectivity index (χ4n) is 6.99. The molecule has 4 rings (SSSR count). The maximum absolute atomic E-state index is 14.4. The second kappa shape index (κ2) is 19.5. The molecule has 1 saturated carbocycles. The van der Waals surface area contributed by atoms with Gasteiger partial charge in [-0.2, -0.15) is 0 Å². The number of carbonyl (C=O) groups is 4.